The van der Waals surface area contributed by atoms with Crippen molar-refractivity contribution in [3.63, 3.8) is 0 Å². The highest BCUT2D eigenvalue weighted by atomic mass is 79.9. The first-order chi connectivity index (χ1) is 5.95. The average Bonchev–Trinajstić information content (AvgIpc) is 2.02. The predicted octanol–water partition coefficient (Wildman–Crippen LogP) is 2.51. The fourth-order valence-electron chi connectivity index (χ4n) is 0.886. The maximum absolute atomic E-state index is 12.2. The first kappa shape index (κ1) is 10.4. The van der Waals surface area contributed by atoms with Gasteiger partial charge in [-0.05, 0) is 22.0 Å². The molecule has 1 aromatic carbocycles. The van der Waals surface area contributed by atoms with Gasteiger partial charge in [-0.3, -0.25) is 0 Å². The first-order valence-corrected chi connectivity index (χ1v) is 4.28. The van der Waals surface area contributed by atoms with Crippen LogP contribution in [0.2, 0.25) is 0 Å². The van der Waals surface area contributed by atoms with Crippen molar-refractivity contribution in [2.75, 3.05) is 7.11 Å². The van der Waals surface area contributed by atoms with Crippen LogP contribution < -0.4 is 10.2 Å². The lowest BCUT2D eigenvalue weighted by molar-refractivity contribution is 0.412. The van der Waals surface area contributed by atoms with Gasteiger partial charge in [-0.2, -0.15) is 0 Å². The number of benzene rings is 1. The Bertz CT molecular complexity index is 313. The molecule has 0 aromatic heterocycles. The van der Waals surface area contributed by atoms with Gasteiger partial charge in [0.2, 0.25) is 0 Å². The Labute approximate surface area is 82.1 Å². The second-order valence-corrected chi connectivity index (χ2v) is 3.32. The van der Waals surface area contributed by atoms with Gasteiger partial charge in [0.1, 0.15) is 5.75 Å². The van der Waals surface area contributed by atoms with Crippen molar-refractivity contribution >= 4 is 28.4 Å². The lowest BCUT2D eigenvalue weighted by Gasteiger charge is -2.15. The van der Waals surface area contributed by atoms with Gasteiger partial charge in [-0.25, -0.2) is 0 Å². The Morgan fingerprint density at radius 1 is 1.31 bits per heavy atom. The lowest BCUT2D eigenvalue weighted by Crippen LogP contribution is -2.33. The number of rotatable bonds is 2. The third kappa shape index (κ3) is 2.40. The van der Waals surface area contributed by atoms with E-state index in [-0.39, 0.29) is 0 Å². The van der Waals surface area contributed by atoms with Crippen molar-refractivity contribution < 1.29 is 17.7 Å². The zero-order chi connectivity index (χ0) is 10.1. The first-order valence-electron chi connectivity index (χ1n) is 3.48. The van der Waals surface area contributed by atoms with Crippen LogP contribution in [-0.4, -0.2) is 14.1 Å². The van der Waals surface area contributed by atoms with Gasteiger partial charge in [0.05, 0.1) is 11.6 Å². The fraction of sp³-hybridized carbons (Fsp3) is 0.143. The van der Waals surface area contributed by atoms with Crippen LogP contribution in [0.5, 0.6) is 5.75 Å². The molecule has 0 unspecified atom stereocenters. The Morgan fingerprint density at radius 2 is 1.92 bits per heavy atom. The largest absolute Gasteiger partial charge is 0.509 e. The monoisotopic (exact) mass is 253 g/mol. The molecule has 0 saturated carbocycles. The molecule has 0 heterocycles. The predicted molar refractivity (Wildman–Crippen MR) is 49.4 cm³/mol. The highest BCUT2D eigenvalue weighted by Gasteiger charge is 2.25. The number of ether oxygens (including phenoxy) is 1. The van der Waals surface area contributed by atoms with Gasteiger partial charge in [-0.1, -0.05) is 12.1 Å². The Morgan fingerprint density at radius 3 is 2.31 bits per heavy atom. The van der Waals surface area contributed by atoms with Crippen LogP contribution in [0.4, 0.5) is 12.9 Å². The average molecular weight is 254 g/mol. The summed E-state index contributed by atoms with van der Waals surface area (Å²) in [6.45, 7) is -4.93. The molecule has 0 spiro atoms. The van der Waals surface area contributed by atoms with E-state index in [1.54, 1.807) is 0 Å². The molecule has 6 heteroatoms. The van der Waals surface area contributed by atoms with Crippen molar-refractivity contribution in [1.82, 2.24) is 0 Å². The van der Waals surface area contributed by atoms with Crippen molar-refractivity contribution in [2.24, 2.45) is 0 Å². The molecular weight excluding hydrogens is 248 g/mol. The topological polar surface area (TPSA) is 9.23 Å². The molecule has 1 aromatic rings. The van der Waals surface area contributed by atoms with Crippen LogP contribution in [0.15, 0.2) is 22.7 Å². The second kappa shape index (κ2) is 3.61. The molecule has 1 rings (SSSR count). The molecule has 1 nitrogen and oxygen atoms in total. The van der Waals surface area contributed by atoms with Crippen molar-refractivity contribution in [1.29, 1.82) is 0 Å². The SMILES string of the molecule is COc1ccc([B-](F)(F)F)cc1Br. The fourth-order valence-corrected chi connectivity index (χ4v) is 1.44. The number of methoxy groups -OCH3 is 1. The zero-order valence-electron chi connectivity index (χ0n) is 6.73. The maximum Gasteiger partial charge on any atom is 0.509 e. The molecule has 0 bridgehead atoms. The van der Waals surface area contributed by atoms with E-state index in [4.69, 9.17) is 4.74 Å². The minimum atomic E-state index is -4.93. The number of hydrogen-bond acceptors (Lipinski definition) is 1. The summed E-state index contributed by atoms with van der Waals surface area (Å²) in [5.41, 5.74) is -0.632. The summed E-state index contributed by atoms with van der Waals surface area (Å²) in [6.07, 6.45) is 0. The quantitative estimate of drug-likeness (QED) is 0.736. The molecule has 0 amide bonds. The molecule has 0 radical (unpaired) electrons. The Kier molecular flexibility index (Phi) is 2.90. The summed E-state index contributed by atoms with van der Waals surface area (Å²) in [5, 5.41) is 0. The third-order valence-electron chi connectivity index (χ3n) is 1.55. The molecular formula is C7H6BBrF3O-. The normalized spacial score (nSPS) is 11.5. The summed E-state index contributed by atoms with van der Waals surface area (Å²) < 4.78 is 41.7. The van der Waals surface area contributed by atoms with Crippen LogP contribution in [0, 0.1) is 0 Å². The van der Waals surface area contributed by atoms with E-state index in [9.17, 15) is 12.9 Å². The molecule has 0 N–H and O–H groups in total. The van der Waals surface area contributed by atoms with E-state index in [1.165, 1.54) is 13.2 Å². The molecule has 0 atom stereocenters. The smallest absolute Gasteiger partial charge is 0.496 e. The number of halogens is 4. The van der Waals surface area contributed by atoms with Crippen LogP contribution in [-0.2, 0) is 0 Å². The summed E-state index contributed by atoms with van der Waals surface area (Å²) in [7, 11) is 1.40. The van der Waals surface area contributed by atoms with Crippen molar-refractivity contribution in [3.8, 4) is 5.75 Å². The molecule has 0 aliphatic rings. The second-order valence-electron chi connectivity index (χ2n) is 2.47. The molecule has 0 fully saturated rings. The van der Waals surface area contributed by atoms with E-state index in [0.29, 0.717) is 10.2 Å². The lowest BCUT2D eigenvalue weighted by atomic mass is 9.80. The highest BCUT2D eigenvalue weighted by Crippen LogP contribution is 2.24. The van der Waals surface area contributed by atoms with E-state index in [2.05, 4.69) is 15.9 Å². The molecule has 72 valence electrons. The van der Waals surface area contributed by atoms with Crippen molar-refractivity contribution in [3.05, 3.63) is 22.7 Å². The maximum atomic E-state index is 12.2. The van der Waals surface area contributed by atoms with E-state index in [1.807, 2.05) is 0 Å². The standard InChI is InChI=1S/C7H6BBrF3O/c1-13-7-3-2-5(4-6(7)9)8(10,11)12/h2-4H,1H3/q-1. The Balaban J connectivity index is 3.10. The molecule has 13 heavy (non-hydrogen) atoms. The highest BCUT2D eigenvalue weighted by molar-refractivity contribution is 9.10. The number of hydrogen-bond donors (Lipinski definition) is 0. The van der Waals surface area contributed by atoms with Gasteiger partial charge in [0.15, 0.2) is 0 Å². The van der Waals surface area contributed by atoms with Gasteiger partial charge in [0.25, 0.3) is 0 Å². The third-order valence-corrected chi connectivity index (χ3v) is 2.17. The summed E-state index contributed by atoms with van der Waals surface area (Å²) in [4.78, 5) is 0. The Hall–Kier alpha value is -0.645. The van der Waals surface area contributed by atoms with E-state index >= 15 is 0 Å². The molecule has 0 aliphatic heterocycles. The van der Waals surface area contributed by atoms with Crippen LogP contribution in [0.3, 0.4) is 0 Å². The van der Waals surface area contributed by atoms with Gasteiger partial charge >= 0.3 is 6.98 Å². The molecule has 0 saturated heterocycles. The minimum absolute atomic E-state index is 0.312. The van der Waals surface area contributed by atoms with Crippen LogP contribution in [0.25, 0.3) is 0 Å². The van der Waals surface area contributed by atoms with Crippen LogP contribution >= 0.6 is 15.9 Å². The van der Waals surface area contributed by atoms with Gasteiger partial charge in [0, 0.05) is 0 Å². The van der Waals surface area contributed by atoms with E-state index in [0.717, 1.165) is 12.1 Å². The summed E-state index contributed by atoms with van der Waals surface area (Å²) in [6, 6.07) is 3.30. The zero-order valence-corrected chi connectivity index (χ0v) is 8.32. The van der Waals surface area contributed by atoms with Crippen LogP contribution in [0.1, 0.15) is 0 Å². The van der Waals surface area contributed by atoms with Crippen molar-refractivity contribution in [2.45, 2.75) is 0 Å². The van der Waals surface area contributed by atoms with Gasteiger partial charge in [-0.15, -0.1) is 5.46 Å². The molecule has 0 aliphatic carbocycles. The van der Waals surface area contributed by atoms with Gasteiger partial charge < -0.3 is 17.7 Å². The summed E-state index contributed by atoms with van der Waals surface area (Å²) in [5.74, 6) is 0.392. The summed E-state index contributed by atoms with van der Waals surface area (Å²) >= 11 is 2.98. The van der Waals surface area contributed by atoms with E-state index < -0.39 is 12.4 Å². The minimum Gasteiger partial charge on any atom is -0.496 e.